The lowest BCUT2D eigenvalue weighted by atomic mass is 9.86. The molecule has 22 heavy (non-hydrogen) atoms. The van der Waals surface area contributed by atoms with Gasteiger partial charge in [-0.15, -0.1) is 0 Å². The van der Waals surface area contributed by atoms with E-state index in [4.69, 9.17) is 4.99 Å². The van der Waals surface area contributed by atoms with Gasteiger partial charge in [0.15, 0.2) is 5.96 Å². The van der Waals surface area contributed by atoms with Gasteiger partial charge in [0, 0.05) is 19.6 Å². The summed E-state index contributed by atoms with van der Waals surface area (Å²) in [5.41, 5.74) is 1.69. The van der Waals surface area contributed by atoms with E-state index in [0.717, 1.165) is 31.2 Å². The predicted molar refractivity (Wildman–Crippen MR) is 90.0 cm³/mol. The standard InChI is InChI=1S/C18H27N3O/c1-2-19-17(20-13-15-5-7-16(22)8-6-15)21-12-11-18(14-21)9-3-4-10-18/h5-8,22H,2-4,9-14H2,1H3,(H,19,20). The summed E-state index contributed by atoms with van der Waals surface area (Å²) in [5.74, 6) is 1.35. The number of aliphatic imine (C=N–C) groups is 1. The Kier molecular flexibility index (Phi) is 4.55. The Morgan fingerprint density at radius 1 is 1.23 bits per heavy atom. The summed E-state index contributed by atoms with van der Waals surface area (Å²) in [7, 11) is 0. The molecule has 4 nitrogen and oxygen atoms in total. The lowest BCUT2D eigenvalue weighted by Gasteiger charge is -2.26. The van der Waals surface area contributed by atoms with E-state index in [1.165, 1.54) is 32.1 Å². The fraction of sp³-hybridized carbons (Fsp3) is 0.611. The van der Waals surface area contributed by atoms with Gasteiger partial charge in [0.25, 0.3) is 0 Å². The molecule has 3 rings (SSSR count). The Hall–Kier alpha value is -1.71. The fourth-order valence-corrected chi connectivity index (χ4v) is 3.84. The van der Waals surface area contributed by atoms with E-state index >= 15 is 0 Å². The summed E-state index contributed by atoms with van der Waals surface area (Å²) in [6, 6.07) is 7.32. The van der Waals surface area contributed by atoms with E-state index in [1.807, 2.05) is 12.1 Å². The van der Waals surface area contributed by atoms with E-state index in [9.17, 15) is 5.11 Å². The maximum atomic E-state index is 9.35. The summed E-state index contributed by atoms with van der Waals surface area (Å²) < 4.78 is 0. The molecular weight excluding hydrogens is 274 g/mol. The van der Waals surface area contributed by atoms with Crippen LogP contribution in [0.5, 0.6) is 5.75 Å². The first-order valence-corrected chi connectivity index (χ1v) is 8.52. The number of nitrogens with one attached hydrogen (secondary N) is 1. The Labute approximate surface area is 133 Å². The van der Waals surface area contributed by atoms with Crippen LogP contribution in [0, 0.1) is 5.41 Å². The minimum Gasteiger partial charge on any atom is -0.508 e. The van der Waals surface area contributed by atoms with Crippen molar-refractivity contribution >= 4 is 5.96 Å². The highest BCUT2D eigenvalue weighted by Gasteiger charge is 2.41. The summed E-state index contributed by atoms with van der Waals surface area (Å²) in [5, 5.41) is 12.8. The first kappa shape index (κ1) is 15.2. The number of nitrogens with zero attached hydrogens (tertiary/aromatic N) is 2. The van der Waals surface area contributed by atoms with E-state index < -0.39 is 0 Å². The predicted octanol–water partition coefficient (Wildman–Crippen LogP) is 3.12. The number of aromatic hydroxyl groups is 1. The third-order valence-corrected chi connectivity index (χ3v) is 5.08. The Morgan fingerprint density at radius 2 is 1.95 bits per heavy atom. The van der Waals surface area contributed by atoms with Gasteiger partial charge in [0.1, 0.15) is 5.75 Å². The van der Waals surface area contributed by atoms with Crippen molar-refractivity contribution in [3.8, 4) is 5.75 Å². The maximum absolute atomic E-state index is 9.35. The molecule has 0 bridgehead atoms. The quantitative estimate of drug-likeness (QED) is 0.666. The Balaban J connectivity index is 1.67. The molecule has 0 radical (unpaired) electrons. The minimum atomic E-state index is 0.308. The van der Waals surface area contributed by atoms with E-state index in [1.54, 1.807) is 12.1 Å². The summed E-state index contributed by atoms with van der Waals surface area (Å²) in [6.45, 7) is 5.97. The van der Waals surface area contributed by atoms with Gasteiger partial charge >= 0.3 is 0 Å². The third-order valence-electron chi connectivity index (χ3n) is 5.08. The van der Waals surface area contributed by atoms with Crippen LogP contribution in [0.25, 0.3) is 0 Å². The first-order chi connectivity index (χ1) is 10.7. The van der Waals surface area contributed by atoms with Crippen LogP contribution in [0.1, 0.15) is 44.6 Å². The molecule has 1 saturated carbocycles. The number of benzene rings is 1. The van der Waals surface area contributed by atoms with Gasteiger partial charge in [0.05, 0.1) is 6.54 Å². The van der Waals surface area contributed by atoms with Crippen molar-refractivity contribution in [2.24, 2.45) is 10.4 Å². The average Bonchev–Trinajstić information content (AvgIpc) is 3.16. The van der Waals surface area contributed by atoms with Crippen molar-refractivity contribution in [2.75, 3.05) is 19.6 Å². The second-order valence-corrected chi connectivity index (χ2v) is 6.72. The third kappa shape index (κ3) is 3.37. The van der Waals surface area contributed by atoms with Crippen LogP contribution in [-0.2, 0) is 6.54 Å². The van der Waals surface area contributed by atoms with Crippen LogP contribution in [0.2, 0.25) is 0 Å². The van der Waals surface area contributed by atoms with Crippen molar-refractivity contribution in [2.45, 2.75) is 45.6 Å². The molecule has 2 fully saturated rings. The minimum absolute atomic E-state index is 0.308. The average molecular weight is 301 g/mol. The lowest BCUT2D eigenvalue weighted by Crippen LogP contribution is -2.41. The number of hydrogen-bond acceptors (Lipinski definition) is 2. The topological polar surface area (TPSA) is 47.9 Å². The molecule has 1 aliphatic heterocycles. The molecule has 1 spiro atoms. The smallest absolute Gasteiger partial charge is 0.194 e. The highest BCUT2D eigenvalue weighted by molar-refractivity contribution is 5.80. The van der Waals surface area contributed by atoms with Gasteiger partial charge in [-0.3, -0.25) is 0 Å². The van der Waals surface area contributed by atoms with Gasteiger partial charge in [0.2, 0.25) is 0 Å². The molecule has 1 heterocycles. The number of hydrogen-bond donors (Lipinski definition) is 2. The van der Waals surface area contributed by atoms with Gasteiger partial charge in [-0.25, -0.2) is 4.99 Å². The maximum Gasteiger partial charge on any atom is 0.194 e. The molecule has 1 aromatic rings. The van der Waals surface area contributed by atoms with Crippen LogP contribution in [0.3, 0.4) is 0 Å². The molecule has 1 saturated heterocycles. The van der Waals surface area contributed by atoms with Crippen LogP contribution < -0.4 is 5.32 Å². The highest BCUT2D eigenvalue weighted by Crippen LogP contribution is 2.45. The zero-order valence-electron chi connectivity index (χ0n) is 13.5. The van der Waals surface area contributed by atoms with E-state index in [2.05, 4.69) is 17.1 Å². The number of rotatable bonds is 3. The molecular formula is C18H27N3O. The number of guanidine groups is 1. The summed E-state index contributed by atoms with van der Waals surface area (Å²) in [6.07, 6.45) is 6.89. The second-order valence-electron chi connectivity index (χ2n) is 6.72. The molecule has 0 amide bonds. The summed E-state index contributed by atoms with van der Waals surface area (Å²) in [4.78, 5) is 7.24. The largest absolute Gasteiger partial charge is 0.508 e. The Morgan fingerprint density at radius 3 is 2.64 bits per heavy atom. The molecule has 1 aromatic carbocycles. The normalized spacial score (nSPS) is 20.8. The van der Waals surface area contributed by atoms with Crippen molar-refractivity contribution < 1.29 is 5.11 Å². The lowest BCUT2D eigenvalue weighted by molar-refractivity contribution is 0.309. The number of likely N-dealkylation sites (tertiary alicyclic amines) is 1. The molecule has 2 N–H and O–H groups in total. The Bertz CT molecular complexity index is 518. The van der Waals surface area contributed by atoms with Crippen LogP contribution >= 0.6 is 0 Å². The molecule has 0 aromatic heterocycles. The molecule has 1 aliphatic carbocycles. The summed E-state index contributed by atoms with van der Waals surface area (Å²) >= 11 is 0. The van der Waals surface area contributed by atoms with Crippen LogP contribution in [0.15, 0.2) is 29.3 Å². The molecule has 0 atom stereocenters. The highest BCUT2D eigenvalue weighted by atomic mass is 16.3. The van der Waals surface area contributed by atoms with Crippen molar-refractivity contribution in [3.63, 3.8) is 0 Å². The SMILES string of the molecule is CCNC(=NCc1ccc(O)cc1)N1CCC2(CCCC2)C1. The number of phenolic OH excluding ortho intramolecular Hbond substituents is 1. The monoisotopic (exact) mass is 301 g/mol. The van der Waals surface area contributed by atoms with Crippen LogP contribution in [-0.4, -0.2) is 35.6 Å². The molecule has 4 heteroatoms. The van der Waals surface area contributed by atoms with E-state index in [-0.39, 0.29) is 0 Å². The van der Waals surface area contributed by atoms with E-state index in [0.29, 0.717) is 17.7 Å². The van der Waals surface area contributed by atoms with Gasteiger partial charge in [-0.2, -0.15) is 0 Å². The van der Waals surface area contributed by atoms with Crippen molar-refractivity contribution in [3.05, 3.63) is 29.8 Å². The molecule has 2 aliphatic rings. The van der Waals surface area contributed by atoms with Crippen LogP contribution in [0.4, 0.5) is 0 Å². The fourth-order valence-electron chi connectivity index (χ4n) is 3.84. The second kappa shape index (κ2) is 6.59. The van der Waals surface area contributed by atoms with Crippen molar-refractivity contribution in [1.29, 1.82) is 0 Å². The zero-order valence-corrected chi connectivity index (χ0v) is 13.5. The zero-order chi connectivity index (χ0) is 15.4. The van der Waals surface area contributed by atoms with Gasteiger partial charge in [-0.05, 0) is 49.3 Å². The molecule has 0 unspecified atom stereocenters. The first-order valence-electron chi connectivity index (χ1n) is 8.52. The molecule has 120 valence electrons. The van der Waals surface area contributed by atoms with Gasteiger partial charge < -0.3 is 15.3 Å². The van der Waals surface area contributed by atoms with Crippen molar-refractivity contribution in [1.82, 2.24) is 10.2 Å². The van der Waals surface area contributed by atoms with Gasteiger partial charge in [-0.1, -0.05) is 25.0 Å². The number of phenols is 1.